The van der Waals surface area contributed by atoms with Crippen molar-refractivity contribution in [1.29, 1.82) is 0 Å². The van der Waals surface area contributed by atoms with E-state index in [0.29, 0.717) is 0 Å². The Morgan fingerprint density at radius 3 is 2.67 bits per heavy atom. The molecule has 0 aliphatic carbocycles. The number of anilines is 1. The molecule has 1 fully saturated rings. The molecule has 0 saturated carbocycles. The molecular formula is C13H19N5O2S. The van der Waals surface area contributed by atoms with Crippen LogP contribution in [0.4, 0.5) is 5.82 Å². The summed E-state index contributed by atoms with van der Waals surface area (Å²) in [4.78, 5) is 6.65. The van der Waals surface area contributed by atoms with Crippen molar-refractivity contribution in [3.05, 3.63) is 24.7 Å². The van der Waals surface area contributed by atoms with Gasteiger partial charge in [0.1, 0.15) is 5.52 Å². The number of hydrogen-bond donors (Lipinski definition) is 0. The van der Waals surface area contributed by atoms with Gasteiger partial charge in [0.05, 0.1) is 12.5 Å². The van der Waals surface area contributed by atoms with E-state index in [9.17, 15) is 8.42 Å². The van der Waals surface area contributed by atoms with Gasteiger partial charge in [0.25, 0.3) is 0 Å². The van der Waals surface area contributed by atoms with E-state index in [0.717, 1.165) is 37.3 Å². The molecule has 1 aliphatic heterocycles. The second kappa shape index (κ2) is 5.27. The largest absolute Gasteiger partial charge is 0.355 e. The molecule has 0 spiro atoms. The maximum Gasteiger partial charge on any atom is 0.211 e. The third-order valence-corrected chi connectivity index (χ3v) is 5.45. The van der Waals surface area contributed by atoms with Gasteiger partial charge in [-0.2, -0.15) is 5.10 Å². The maximum atomic E-state index is 11.6. The number of sulfonamides is 1. The molecule has 3 heterocycles. The van der Waals surface area contributed by atoms with Crippen LogP contribution in [0.3, 0.4) is 0 Å². The zero-order chi connectivity index (χ0) is 15.0. The highest BCUT2D eigenvalue weighted by Crippen LogP contribution is 2.24. The van der Waals surface area contributed by atoms with Gasteiger partial charge in [-0.15, -0.1) is 0 Å². The van der Waals surface area contributed by atoms with Crippen molar-refractivity contribution in [2.45, 2.75) is 18.9 Å². The number of fused-ring (bicyclic) bond motifs is 1. The molecule has 0 unspecified atom stereocenters. The number of hydrogen-bond acceptors (Lipinski definition) is 5. The van der Waals surface area contributed by atoms with Crippen molar-refractivity contribution in [3.63, 3.8) is 0 Å². The molecule has 0 bridgehead atoms. The van der Waals surface area contributed by atoms with Crippen molar-refractivity contribution in [1.82, 2.24) is 18.9 Å². The van der Waals surface area contributed by atoms with Gasteiger partial charge < -0.3 is 4.90 Å². The minimum Gasteiger partial charge on any atom is -0.355 e. The van der Waals surface area contributed by atoms with Gasteiger partial charge in [-0.25, -0.2) is 22.2 Å². The molecule has 114 valence electrons. The highest BCUT2D eigenvalue weighted by atomic mass is 32.2. The standard InChI is InChI=1S/C13H19N5O2S/c1-16(21(2,19)20)11-4-8-17(9-5-11)13-12-3-6-15-18(12)10-7-14-13/h3,6-7,10-11H,4-5,8-9H2,1-2H3. The first kappa shape index (κ1) is 14.3. The maximum absolute atomic E-state index is 11.6. The van der Waals surface area contributed by atoms with Crippen LogP contribution in [-0.4, -0.2) is 59.8 Å². The van der Waals surface area contributed by atoms with E-state index in [4.69, 9.17) is 0 Å². The molecular weight excluding hydrogens is 290 g/mol. The number of aromatic nitrogens is 3. The van der Waals surface area contributed by atoms with E-state index in [1.807, 2.05) is 12.3 Å². The first-order valence-electron chi connectivity index (χ1n) is 6.93. The van der Waals surface area contributed by atoms with Gasteiger partial charge in [-0.05, 0) is 18.9 Å². The van der Waals surface area contributed by atoms with Crippen molar-refractivity contribution in [3.8, 4) is 0 Å². The van der Waals surface area contributed by atoms with Crippen LogP contribution in [-0.2, 0) is 10.0 Å². The Hall–Kier alpha value is -1.67. The normalized spacial score (nSPS) is 17.8. The molecule has 0 aromatic carbocycles. The fourth-order valence-electron chi connectivity index (χ4n) is 2.80. The molecule has 7 nitrogen and oxygen atoms in total. The number of rotatable bonds is 3. The topological polar surface area (TPSA) is 70.8 Å². The second-order valence-corrected chi connectivity index (χ2v) is 7.45. The average molecular weight is 309 g/mol. The minimum absolute atomic E-state index is 0.0703. The van der Waals surface area contributed by atoms with Crippen molar-refractivity contribution < 1.29 is 8.42 Å². The molecule has 3 rings (SSSR count). The summed E-state index contributed by atoms with van der Waals surface area (Å²) in [6, 6.07) is 2.01. The molecule has 0 amide bonds. The highest BCUT2D eigenvalue weighted by Gasteiger charge is 2.28. The summed E-state index contributed by atoms with van der Waals surface area (Å²) in [7, 11) is -1.47. The lowest BCUT2D eigenvalue weighted by Crippen LogP contribution is -2.45. The van der Waals surface area contributed by atoms with E-state index in [1.54, 1.807) is 24.0 Å². The van der Waals surface area contributed by atoms with Gasteiger partial charge in [0.2, 0.25) is 10.0 Å². The Balaban J connectivity index is 1.76. The smallest absolute Gasteiger partial charge is 0.211 e. The first-order valence-corrected chi connectivity index (χ1v) is 8.78. The molecule has 8 heteroatoms. The predicted octanol–water partition coefficient (Wildman–Crippen LogP) is 0.589. The summed E-state index contributed by atoms with van der Waals surface area (Å²) in [5.41, 5.74) is 0.979. The van der Waals surface area contributed by atoms with Gasteiger partial charge in [0, 0.05) is 38.6 Å². The Labute approximate surface area is 124 Å². The zero-order valence-corrected chi connectivity index (χ0v) is 13.0. The van der Waals surface area contributed by atoms with E-state index in [1.165, 1.54) is 10.6 Å². The minimum atomic E-state index is -3.13. The van der Waals surface area contributed by atoms with Crippen LogP contribution in [0.25, 0.3) is 5.52 Å². The van der Waals surface area contributed by atoms with Gasteiger partial charge in [-0.3, -0.25) is 0 Å². The van der Waals surface area contributed by atoms with E-state index >= 15 is 0 Å². The molecule has 0 radical (unpaired) electrons. The molecule has 21 heavy (non-hydrogen) atoms. The zero-order valence-electron chi connectivity index (χ0n) is 12.2. The fourth-order valence-corrected chi connectivity index (χ4v) is 3.55. The summed E-state index contributed by atoms with van der Waals surface area (Å²) < 4.78 is 26.5. The van der Waals surface area contributed by atoms with E-state index in [2.05, 4.69) is 15.0 Å². The predicted molar refractivity (Wildman–Crippen MR) is 80.8 cm³/mol. The quantitative estimate of drug-likeness (QED) is 0.830. The monoisotopic (exact) mass is 309 g/mol. The molecule has 1 saturated heterocycles. The fraction of sp³-hybridized carbons (Fsp3) is 0.538. The molecule has 2 aromatic rings. The van der Waals surface area contributed by atoms with Crippen LogP contribution in [0.15, 0.2) is 24.7 Å². The van der Waals surface area contributed by atoms with E-state index in [-0.39, 0.29) is 6.04 Å². The van der Waals surface area contributed by atoms with Crippen LogP contribution in [0.5, 0.6) is 0 Å². The third kappa shape index (κ3) is 2.73. The van der Waals surface area contributed by atoms with Crippen molar-refractivity contribution in [2.24, 2.45) is 0 Å². The number of nitrogens with zero attached hydrogens (tertiary/aromatic N) is 5. The molecule has 2 aromatic heterocycles. The lowest BCUT2D eigenvalue weighted by Gasteiger charge is -2.36. The lowest BCUT2D eigenvalue weighted by molar-refractivity contribution is 0.313. The van der Waals surface area contributed by atoms with Crippen LogP contribution < -0.4 is 4.90 Å². The Kier molecular flexibility index (Phi) is 3.58. The van der Waals surface area contributed by atoms with Crippen molar-refractivity contribution in [2.75, 3.05) is 31.3 Å². The van der Waals surface area contributed by atoms with Gasteiger partial charge in [-0.1, -0.05) is 0 Å². The summed E-state index contributed by atoms with van der Waals surface area (Å²) in [5, 5.41) is 4.21. The SMILES string of the molecule is CN(C1CCN(c2nccn3nccc23)CC1)S(C)(=O)=O. The van der Waals surface area contributed by atoms with Crippen LogP contribution in [0.2, 0.25) is 0 Å². The number of piperidine rings is 1. The summed E-state index contributed by atoms with van der Waals surface area (Å²) in [6.45, 7) is 1.59. The molecule has 1 aliphatic rings. The lowest BCUT2D eigenvalue weighted by atomic mass is 10.1. The van der Waals surface area contributed by atoms with Gasteiger partial charge >= 0.3 is 0 Å². The summed E-state index contributed by atoms with van der Waals surface area (Å²) in [6.07, 6.45) is 8.19. The Morgan fingerprint density at radius 1 is 1.29 bits per heavy atom. The first-order chi connectivity index (χ1) is 9.97. The Bertz CT molecular complexity index is 734. The third-order valence-electron chi connectivity index (χ3n) is 4.11. The Morgan fingerprint density at radius 2 is 2.00 bits per heavy atom. The van der Waals surface area contributed by atoms with Crippen molar-refractivity contribution >= 4 is 21.4 Å². The average Bonchev–Trinajstić information content (AvgIpc) is 2.94. The van der Waals surface area contributed by atoms with Gasteiger partial charge in [0.15, 0.2) is 5.82 Å². The summed E-state index contributed by atoms with van der Waals surface area (Å²) >= 11 is 0. The second-order valence-electron chi connectivity index (χ2n) is 5.41. The van der Waals surface area contributed by atoms with Crippen LogP contribution in [0.1, 0.15) is 12.8 Å². The molecule has 0 atom stereocenters. The summed E-state index contributed by atoms with van der Waals surface area (Å²) in [5.74, 6) is 0.912. The molecule has 0 N–H and O–H groups in total. The van der Waals surface area contributed by atoms with E-state index < -0.39 is 10.0 Å². The van der Waals surface area contributed by atoms with Crippen LogP contribution >= 0.6 is 0 Å². The van der Waals surface area contributed by atoms with Crippen LogP contribution in [0, 0.1) is 0 Å². The highest BCUT2D eigenvalue weighted by molar-refractivity contribution is 7.88.